The van der Waals surface area contributed by atoms with Gasteiger partial charge in [-0.05, 0) is 31.0 Å². The predicted molar refractivity (Wildman–Crippen MR) is 86.5 cm³/mol. The maximum atomic E-state index is 12.5. The Morgan fingerprint density at radius 2 is 1.92 bits per heavy atom. The number of hydrogen-bond acceptors (Lipinski definition) is 6. The standard InChI is InChI=1S/C17H12N6O2/c18-8-11(9-19)14(10-20)21-12-3-1-4-13(7-12)23-16(24)15-5-2-6-22(15)17(23)25/h1,3-4,7,15,21H,2,5-6H2. The first-order chi connectivity index (χ1) is 12.1. The van der Waals surface area contributed by atoms with E-state index in [4.69, 9.17) is 15.8 Å². The Morgan fingerprint density at radius 3 is 2.56 bits per heavy atom. The number of nitrogens with zero attached hydrogens (tertiary/aromatic N) is 5. The van der Waals surface area contributed by atoms with Gasteiger partial charge in [0.05, 0.1) is 5.69 Å². The first kappa shape index (κ1) is 16.0. The van der Waals surface area contributed by atoms with Crippen LogP contribution in [0.25, 0.3) is 0 Å². The van der Waals surface area contributed by atoms with Crippen molar-refractivity contribution in [2.24, 2.45) is 0 Å². The second-order valence-corrected chi connectivity index (χ2v) is 5.57. The molecule has 0 bridgehead atoms. The summed E-state index contributed by atoms with van der Waals surface area (Å²) in [6.07, 6.45) is 1.48. The summed E-state index contributed by atoms with van der Waals surface area (Å²) in [7, 11) is 0. The minimum Gasteiger partial charge on any atom is -0.345 e. The maximum Gasteiger partial charge on any atom is 0.332 e. The number of nitriles is 3. The van der Waals surface area contributed by atoms with Gasteiger partial charge in [0.15, 0.2) is 5.57 Å². The smallest absolute Gasteiger partial charge is 0.332 e. The van der Waals surface area contributed by atoms with Crippen LogP contribution in [-0.2, 0) is 4.79 Å². The van der Waals surface area contributed by atoms with Crippen molar-refractivity contribution in [3.8, 4) is 18.2 Å². The fraction of sp³-hybridized carbons (Fsp3) is 0.235. The van der Waals surface area contributed by atoms with Gasteiger partial charge in [0.25, 0.3) is 5.91 Å². The molecule has 2 aliphatic rings. The fourth-order valence-electron chi connectivity index (χ4n) is 3.01. The first-order valence-electron chi connectivity index (χ1n) is 7.57. The Kier molecular flexibility index (Phi) is 4.07. The lowest BCUT2D eigenvalue weighted by Crippen LogP contribution is -2.33. The molecule has 0 aliphatic carbocycles. The molecule has 0 saturated carbocycles. The topological polar surface area (TPSA) is 124 Å². The van der Waals surface area contributed by atoms with Gasteiger partial charge < -0.3 is 10.2 Å². The van der Waals surface area contributed by atoms with Crippen molar-refractivity contribution in [1.82, 2.24) is 4.90 Å². The number of rotatable bonds is 3. The number of hydrogen-bond donors (Lipinski definition) is 1. The van der Waals surface area contributed by atoms with Crippen LogP contribution in [0.5, 0.6) is 0 Å². The van der Waals surface area contributed by atoms with Crippen molar-refractivity contribution in [3.05, 3.63) is 35.5 Å². The lowest BCUT2D eigenvalue weighted by atomic mass is 10.2. The van der Waals surface area contributed by atoms with Gasteiger partial charge in [-0.25, -0.2) is 9.69 Å². The summed E-state index contributed by atoms with van der Waals surface area (Å²) in [4.78, 5) is 27.6. The number of carbonyl (C=O) groups excluding carboxylic acids is 2. The van der Waals surface area contributed by atoms with E-state index in [1.54, 1.807) is 41.3 Å². The zero-order valence-corrected chi connectivity index (χ0v) is 13.1. The summed E-state index contributed by atoms with van der Waals surface area (Å²) < 4.78 is 0. The number of anilines is 2. The zero-order valence-electron chi connectivity index (χ0n) is 13.1. The summed E-state index contributed by atoms with van der Waals surface area (Å²) in [5.74, 6) is -0.259. The molecular weight excluding hydrogens is 320 g/mol. The minimum atomic E-state index is -0.400. The fourth-order valence-corrected chi connectivity index (χ4v) is 3.01. The molecule has 1 N–H and O–H groups in total. The monoisotopic (exact) mass is 332 g/mol. The molecule has 8 heteroatoms. The van der Waals surface area contributed by atoms with Gasteiger partial charge in [0, 0.05) is 12.2 Å². The van der Waals surface area contributed by atoms with E-state index in [1.807, 2.05) is 0 Å². The van der Waals surface area contributed by atoms with Crippen LogP contribution in [0.2, 0.25) is 0 Å². The van der Waals surface area contributed by atoms with Crippen LogP contribution in [0.4, 0.5) is 16.2 Å². The Hall–Kier alpha value is -3.83. The number of imide groups is 1. The van der Waals surface area contributed by atoms with Gasteiger partial charge in [-0.1, -0.05) is 6.07 Å². The number of allylic oxidation sites excluding steroid dienone is 2. The number of fused-ring (bicyclic) bond motifs is 1. The van der Waals surface area contributed by atoms with Crippen molar-refractivity contribution >= 4 is 23.3 Å². The second kappa shape index (κ2) is 6.35. The summed E-state index contributed by atoms with van der Waals surface area (Å²) >= 11 is 0. The lowest BCUT2D eigenvalue weighted by Gasteiger charge is -2.16. The summed E-state index contributed by atoms with van der Waals surface area (Å²) in [6, 6.07) is 10.7. The Balaban J connectivity index is 1.91. The Morgan fingerprint density at radius 1 is 1.16 bits per heavy atom. The normalized spacial score (nSPS) is 18.2. The van der Waals surface area contributed by atoms with E-state index in [2.05, 4.69) is 5.32 Å². The minimum absolute atomic E-state index is 0.193. The van der Waals surface area contributed by atoms with E-state index in [0.717, 1.165) is 11.3 Å². The lowest BCUT2D eigenvalue weighted by molar-refractivity contribution is -0.119. The molecule has 122 valence electrons. The van der Waals surface area contributed by atoms with Gasteiger partial charge in [0.1, 0.15) is 29.9 Å². The van der Waals surface area contributed by atoms with Crippen molar-refractivity contribution in [2.45, 2.75) is 18.9 Å². The van der Waals surface area contributed by atoms with Crippen LogP contribution >= 0.6 is 0 Å². The van der Waals surface area contributed by atoms with Crippen molar-refractivity contribution < 1.29 is 9.59 Å². The van der Waals surface area contributed by atoms with Gasteiger partial charge in [-0.15, -0.1) is 0 Å². The first-order valence-corrected chi connectivity index (χ1v) is 7.57. The molecule has 1 unspecified atom stereocenters. The number of carbonyl (C=O) groups is 2. The van der Waals surface area contributed by atoms with E-state index in [-0.39, 0.29) is 23.2 Å². The third-order valence-corrected chi connectivity index (χ3v) is 4.15. The zero-order chi connectivity index (χ0) is 18.0. The van der Waals surface area contributed by atoms with Gasteiger partial charge in [0.2, 0.25) is 0 Å². The quantitative estimate of drug-likeness (QED) is 0.665. The third-order valence-electron chi connectivity index (χ3n) is 4.15. The maximum absolute atomic E-state index is 12.5. The average Bonchev–Trinajstić information content (AvgIpc) is 3.19. The number of amides is 3. The average molecular weight is 332 g/mol. The van der Waals surface area contributed by atoms with Gasteiger partial charge >= 0.3 is 6.03 Å². The van der Waals surface area contributed by atoms with Gasteiger partial charge in [-0.3, -0.25) is 4.79 Å². The molecule has 8 nitrogen and oxygen atoms in total. The molecule has 0 spiro atoms. The van der Waals surface area contributed by atoms with Crippen LogP contribution in [0.1, 0.15) is 12.8 Å². The summed E-state index contributed by atoms with van der Waals surface area (Å²) in [5, 5.41) is 29.5. The van der Waals surface area contributed by atoms with Crippen molar-refractivity contribution in [2.75, 3.05) is 16.8 Å². The van der Waals surface area contributed by atoms with E-state index in [0.29, 0.717) is 24.3 Å². The molecule has 3 rings (SSSR count). The molecule has 2 saturated heterocycles. The van der Waals surface area contributed by atoms with E-state index in [9.17, 15) is 9.59 Å². The van der Waals surface area contributed by atoms with E-state index < -0.39 is 6.04 Å². The Labute approximate surface area is 143 Å². The van der Waals surface area contributed by atoms with Crippen LogP contribution in [0.15, 0.2) is 35.5 Å². The molecule has 1 atom stereocenters. The largest absolute Gasteiger partial charge is 0.345 e. The van der Waals surface area contributed by atoms with Crippen LogP contribution in [-0.4, -0.2) is 29.4 Å². The van der Waals surface area contributed by atoms with Crippen molar-refractivity contribution in [3.63, 3.8) is 0 Å². The molecule has 0 aromatic heterocycles. The molecular formula is C17H12N6O2. The number of benzene rings is 1. The Bertz CT molecular complexity index is 876. The van der Waals surface area contributed by atoms with E-state index >= 15 is 0 Å². The highest BCUT2D eigenvalue weighted by atomic mass is 16.2. The van der Waals surface area contributed by atoms with Crippen molar-refractivity contribution in [1.29, 1.82) is 15.8 Å². The summed E-state index contributed by atoms with van der Waals surface area (Å²) in [6.45, 7) is 0.568. The molecule has 2 aliphatic heterocycles. The number of urea groups is 1. The molecule has 0 radical (unpaired) electrons. The molecule has 1 aromatic carbocycles. The molecule has 1 aromatic rings. The van der Waals surface area contributed by atoms with Crippen LogP contribution in [0, 0.1) is 34.0 Å². The number of nitrogens with one attached hydrogen (secondary N) is 1. The van der Waals surface area contributed by atoms with E-state index in [1.165, 1.54) is 6.07 Å². The third kappa shape index (κ3) is 2.65. The molecule has 3 amide bonds. The SMILES string of the molecule is N#CC(C#N)=C(C#N)Nc1cccc(N2C(=O)C3CCCN3C2=O)c1. The van der Waals surface area contributed by atoms with Crippen LogP contribution in [0.3, 0.4) is 0 Å². The second-order valence-electron chi connectivity index (χ2n) is 5.57. The molecule has 25 heavy (non-hydrogen) atoms. The highest BCUT2D eigenvalue weighted by Gasteiger charge is 2.47. The molecule has 2 heterocycles. The predicted octanol–water partition coefficient (Wildman–Crippen LogP) is 1.85. The molecule has 2 fully saturated rings. The summed E-state index contributed by atoms with van der Waals surface area (Å²) in [5.41, 5.74) is 0.232. The van der Waals surface area contributed by atoms with Crippen LogP contribution < -0.4 is 10.2 Å². The van der Waals surface area contributed by atoms with Gasteiger partial charge in [-0.2, -0.15) is 15.8 Å². The highest BCUT2D eigenvalue weighted by Crippen LogP contribution is 2.32. The highest BCUT2D eigenvalue weighted by molar-refractivity contribution is 6.21.